The number of nitrogen functional groups attached to an aromatic ring is 1. The summed E-state index contributed by atoms with van der Waals surface area (Å²) < 4.78 is 0.832. The number of pyridine rings is 1. The number of hydrogen-bond donors (Lipinski definition) is 1. The monoisotopic (exact) mass is 331 g/mol. The number of anilines is 2. The number of carbonyl (C=O) groups is 1. The Bertz CT molecular complexity index is 672. The van der Waals surface area contributed by atoms with E-state index in [-0.39, 0.29) is 11.8 Å². The van der Waals surface area contributed by atoms with Crippen LogP contribution in [0.15, 0.2) is 41.1 Å². The fourth-order valence-electron chi connectivity index (χ4n) is 2.60. The molecular weight excluding hydrogens is 318 g/mol. The Kier molecular flexibility index (Phi) is 3.22. The average Bonchev–Trinajstić information content (AvgIpc) is 2.66. The zero-order chi connectivity index (χ0) is 14.3. The van der Waals surface area contributed by atoms with Gasteiger partial charge in [-0.15, -0.1) is 0 Å². The molecule has 1 aliphatic heterocycles. The second-order valence-corrected chi connectivity index (χ2v) is 5.80. The maximum atomic E-state index is 12.4. The number of likely N-dealkylation sites (N-methyl/N-ethyl adjacent to an activating group) is 1. The van der Waals surface area contributed by atoms with E-state index in [0.29, 0.717) is 12.1 Å². The second kappa shape index (κ2) is 4.90. The average molecular weight is 332 g/mol. The van der Waals surface area contributed by atoms with Crippen molar-refractivity contribution in [2.75, 3.05) is 17.7 Å². The molecule has 1 atom stereocenters. The second-order valence-electron chi connectivity index (χ2n) is 4.94. The first kappa shape index (κ1) is 13.1. The molecule has 3 rings (SSSR count). The Morgan fingerprint density at radius 3 is 2.75 bits per heavy atom. The van der Waals surface area contributed by atoms with E-state index >= 15 is 0 Å². The molecule has 1 unspecified atom stereocenters. The van der Waals surface area contributed by atoms with Crippen LogP contribution in [-0.2, 0) is 11.2 Å². The van der Waals surface area contributed by atoms with Crippen molar-refractivity contribution < 1.29 is 4.79 Å². The molecule has 1 aromatic heterocycles. The number of aromatic nitrogens is 1. The van der Waals surface area contributed by atoms with Gasteiger partial charge in [-0.2, -0.15) is 0 Å². The van der Waals surface area contributed by atoms with Gasteiger partial charge in [-0.05, 0) is 57.7 Å². The SMILES string of the molecule is CN1C(=O)C(Cc2ccncc2)c2cc(Br)c(N)cc21. The smallest absolute Gasteiger partial charge is 0.234 e. The van der Waals surface area contributed by atoms with E-state index in [1.165, 1.54) is 0 Å². The summed E-state index contributed by atoms with van der Waals surface area (Å²) in [6, 6.07) is 7.69. The molecular formula is C15H14BrN3O. The minimum Gasteiger partial charge on any atom is -0.398 e. The molecule has 0 saturated carbocycles. The number of halogens is 1. The number of nitrogens with zero attached hydrogens (tertiary/aromatic N) is 2. The Balaban J connectivity index is 2.02. The summed E-state index contributed by atoms with van der Waals surface area (Å²) >= 11 is 3.44. The third-order valence-corrected chi connectivity index (χ3v) is 4.39. The van der Waals surface area contributed by atoms with Gasteiger partial charge in [0.2, 0.25) is 5.91 Å². The molecule has 0 radical (unpaired) electrons. The van der Waals surface area contributed by atoms with Gasteiger partial charge in [-0.1, -0.05) is 0 Å². The van der Waals surface area contributed by atoms with Crippen LogP contribution in [0.1, 0.15) is 17.0 Å². The van der Waals surface area contributed by atoms with Crippen LogP contribution in [0, 0.1) is 0 Å². The number of amides is 1. The minimum atomic E-state index is -0.158. The lowest BCUT2D eigenvalue weighted by Gasteiger charge is -2.11. The predicted molar refractivity (Wildman–Crippen MR) is 82.6 cm³/mol. The summed E-state index contributed by atoms with van der Waals surface area (Å²) in [6.07, 6.45) is 4.17. The summed E-state index contributed by atoms with van der Waals surface area (Å²) in [5, 5.41) is 0. The van der Waals surface area contributed by atoms with Gasteiger partial charge < -0.3 is 10.6 Å². The zero-order valence-corrected chi connectivity index (χ0v) is 12.6. The normalized spacial score (nSPS) is 17.4. The maximum Gasteiger partial charge on any atom is 0.234 e. The van der Waals surface area contributed by atoms with Crippen LogP contribution in [0.25, 0.3) is 0 Å². The van der Waals surface area contributed by atoms with Crippen LogP contribution in [0.4, 0.5) is 11.4 Å². The van der Waals surface area contributed by atoms with Gasteiger partial charge in [0, 0.05) is 35.3 Å². The number of rotatable bonds is 2. The van der Waals surface area contributed by atoms with E-state index in [9.17, 15) is 4.79 Å². The highest BCUT2D eigenvalue weighted by atomic mass is 79.9. The van der Waals surface area contributed by atoms with E-state index in [2.05, 4.69) is 20.9 Å². The predicted octanol–water partition coefficient (Wildman–Crippen LogP) is 2.73. The third-order valence-electron chi connectivity index (χ3n) is 3.70. The first-order valence-corrected chi connectivity index (χ1v) is 7.12. The minimum absolute atomic E-state index is 0.106. The summed E-state index contributed by atoms with van der Waals surface area (Å²) in [6.45, 7) is 0. The highest BCUT2D eigenvalue weighted by Crippen LogP contribution is 2.41. The first-order valence-electron chi connectivity index (χ1n) is 6.33. The van der Waals surface area contributed by atoms with Crippen molar-refractivity contribution in [3.63, 3.8) is 0 Å². The Morgan fingerprint density at radius 2 is 2.05 bits per heavy atom. The summed E-state index contributed by atoms with van der Waals surface area (Å²) in [7, 11) is 1.79. The van der Waals surface area contributed by atoms with Gasteiger partial charge in [0.15, 0.2) is 0 Å². The molecule has 1 amide bonds. The largest absolute Gasteiger partial charge is 0.398 e. The van der Waals surface area contributed by atoms with Gasteiger partial charge in [-0.25, -0.2) is 0 Å². The van der Waals surface area contributed by atoms with Crippen molar-refractivity contribution in [1.29, 1.82) is 0 Å². The van der Waals surface area contributed by atoms with Crippen molar-refractivity contribution in [2.24, 2.45) is 0 Å². The molecule has 2 aromatic rings. The first-order chi connectivity index (χ1) is 9.58. The van der Waals surface area contributed by atoms with Crippen LogP contribution in [0.3, 0.4) is 0 Å². The zero-order valence-electron chi connectivity index (χ0n) is 11.0. The van der Waals surface area contributed by atoms with Crippen LogP contribution in [0.2, 0.25) is 0 Å². The van der Waals surface area contributed by atoms with Gasteiger partial charge in [0.25, 0.3) is 0 Å². The number of fused-ring (bicyclic) bond motifs is 1. The van der Waals surface area contributed by atoms with Gasteiger partial charge in [0.05, 0.1) is 5.92 Å². The van der Waals surface area contributed by atoms with Gasteiger partial charge in [-0.3, -0.25) is 9.78 Å². The Labute approximate surface area is 125 Å². The fourth-order valence-corrected chi connectivity index (χ4v) is 2.96. The lowest BCUT2D eigenvalue weighted by Crippen LogP contribution is -2.24. The Hall–Kier alpha value is -1.88. The van der Waals surface area contributed by atoms with Crippen LogP contribution in [-0.4, -0.2) is 17.9 Å². The van der Waals surface area contributed by atoms with E-state index in [1.54, 1.807) is 24.3 Å². The number of nitrogens with two attached hydrogens (primary N) is 1. The van der Waals surface area contributed by atoms with Gasteiger partial charge in [0.1, 0.15) is 0 Å². The van der Waals surface area contributed by atoms with E-state index in [4.69, 9.17) is 5.73 Å². The van der Waals surface area contributed by atoms with Crippen LogP contribution in [0.5, 0.6) is 0 Å². The molecule has 1 aromatic carbocycles. The number of benzene rings is 1. The van der Waals surface area contributed by atoms with E-state index < -0.39 is 0 Å². The van der Waals surface area contributed by atoms with Crippen molar-refractivity contribution in [1.82, 2.24) is 4.98 Å². The maximum absolute atomic E-state index is 12.4. The lowest BCUT2D eigenvalue weighted by molar-refractivity contribution is -0.119. The Morgan fingerprint density at radius 1 is 1.35 bits per heavy atom. The molecule has 102 valence electrons. The highest BCUT2D eigenvalue weighted by Gasteiger charge is 2.35. The molecule has 0 bridgehead atoms. The summed E-state index contributed by atoms with van der Waals surface area (Å²) in [5.74, 6) is -0.0522. The molecule has 0 spiro atoms. The number of hydrogen-bond acceptors (Lipinski definition) is 3. The van der Waals surface area contributed by atoms with Crippen LogP contribution >= 0.6 is 15.9 Å². The van der Waals surface area contributed by atoms with Crippen molar-refractivity contribution >= 4 is 33.2 Å². The standard InChI is InChI=1S/C15H14BrN3O/c1-19-14-8-13(17)12(16)7-10(14)11(15(19)20)6-9-2-4-18-5-3-9/h2-5,7-8,11H,6,17H2,1H3. The quantitative estimate of drug-likeness (QED) is 0.861. The fraction of sp³-hybridized carbons (Fsp3) is 0.200. The summed E-state index contributed by atoms with van der Waals surface area (Å²) in [4.78, 5) is 18.1. The summed E-state index contributed by atoms with van der Waals surface area (Å²) in [5.41, 5.74) is 9.58. The van der Waals surface area contributed by atoms with E-state index in [0.717, 1.165) is 21.3 Å². The highest BCUT2D eigenvalue weighted by molar-refractivity contribution is 9.10. The molecule has 2 heterocycles. The molecule has 2 N–H and O–H groups in total. The topological polar surface area (TPSA) is 59.2 Å². The third kappa shape index (κ3) is 2.08. The molecule has 5 heteroatoms. The number of carbonyl (C=O) groups excluding carboxylic acids is 1. The molecule has 1 aliphatic rings. The van der Waals surface area contributed by atoms with E-state index in [1.807, 2.05) is 24.3 Å². The molecule has 20 heavy (non-hydrogen) atoms. The van der Waals surface area contributed by atoms with Crippen LogP contribution < -0.4 is 10.6 Å². The molecule has 0 saturated heterocycles. The van der Waals surface area contributed by atoms with Crippen molar-refractivity contribution in [3.8, 4) is 0 Å². The molecule has 4 nitrogen and oxygen atoms in total. The van der Waals surface area contributed by atoms with Crippen molar-refractivity contribution in [3.05, 3.63) is 52.3 Å². The lowest BCUT2D eigenvalue weighted by atomic mass is 9.93. The molecule has 0 aliphatic carbocycles. The van der Waals surface area contributed by atoms with Gasteiger partial charge >= 0.3 is 0 Å². The van der Waals surface area contributed by atoms with Crippen molar-refractivity contribution in [2.45, 2.75) is 12.3 Å². The molecule has 0 fully saturated rings.